The maximum Gasteiger partial charge on any atom is 0.274 e. The lowest BCUT2D eigenvalue weighted by molar-refractivity contribution is 0.0158. The van der Waals surface area contributed by atoms with E-state index >= 15 is 0 Å². The second-order valence-corrected chi connectivity index (χ2v) is 7.40. The third-order valence-electron chi connectivity index (χ3n) is 6.02. The van der Waals surface area contributed by atoms with Gasteiger partial charge in [0, 0.05) is 49.5 Å². The van der Waals surface area contributed by atoms with E-state index in [0.29, 0.717) is 42.0 Å². The Morgan fingerprint density at radius 1 is 1.42 bits per heavy atom. The maximum atomic E-state index is 13.0. The van der Waals surface area contributed by atoms with Crippen molar-refractivity contribution >= 4 is 16.8 Å². The molecule has 0 spiro atoms. The molecular formula is C19H24N4O3. The van der Waals surface area contributed by atoms with Crippen LogP contribution in [0.5, 0.6) is 0 Å². The van der Waals surface area contributed by atoms with Gasteiger partial charge in [-0.2, -0.15) is 0 Å². The van der Waals surface area contributed by atoms with Crippen LogP contribution in [0.3, 0.4) is 0 Å². The molecule has 4 heterocycles. The van der Waals surface area contributed by atoms with Crippen LogP contribution in [0.15, 0.2) is 29.3 Å². The number of hydrogen-bond donors (Lipinski definition) is 2. The molecular weight excluding hydrogens is 332 g/mol. The Hall–Kier alpha value is -2.25. The molecule has 0 saturated carbocycles. The second-order valence-electron chi connectivity index (χ2n) is 7.40. The minimum atomic E-state index is -0.246. The first-order valence-corrected chi connectivity index (χ1v) is 9.17. The fraction of sp³-hybridized carbons (Fsp3) is 0.526. The van der Waals surface area contributed by atoms with Gasteiger partial charge >= 0.3 is 0 Å². The minimum absolute atomic E-state index is 0.0130. The van der Waals surface area contributed by atoms with Gasteiger partial charge in [0.25, 0.3) is 11.5 Å². The number of hydrogen-bond acceptors (Lipinski definition) is 5. The number of H-pyrrole nitrogens is 1. The summed E-state index contributed by atoms with van der Waals surface area (Å²) in [4.78, 5) is 33.4. The highest BCUT2D eigenvalue weighted by Crippen LogP contribution is 2.42. The number of carbonyl (C=O) groups is 1. The smallest absolute Gasteiger partial charge is 0.274 e. The largest absolute Gasteiger partial charge is 0.381 e. The van der Waals surface area contributed by atoms with Gasteiger partial charge in [-0.05, 0) is 43.9 Å². The highest BCUT2D eigenvalue weighted by Gasteiger charge is 2.45. The van der Waals surface area contributed by atoms with Crippen LogP contribution in [0.4, 0.5) is 0 Å². The number of aromatic amines is 1. The lowest BCUT2D eigenvalue weighted by Gasteiger charge is -2.38. The summed E-state index contributed by atoms with van der Waals surface area (Å²) in [6.45, 7) is 3.54. The molecule has 0 aliphatic carbocycles. The van der Waals surface area contributed by atoms with Gasteiger partial charge in [0.1, 0.15) is 5.52 Å². The first kappa shape index (κ1) is 17.2. The molecule has 2 aromatic rings. The molecule has 7 heteroatoms. The quantitative estimate of drug-likeness (QED) is 0.859. The van der Waals surface area contributed by atoms with Crippen LogP contribution in [-0.4, -0.2) is 53.6 Å². The number of likely N-dealkylation sites (tertiary alicyclic amines) is 1. The molecule has 1 unspecified atom stereocenters. The molecule has 0 bridgehead atoms. The standard InChI is InChI=1S/C19H24N4O3/c20-11-19(15-2-7-26-8-3-15)4-6-23(12-19)18(25)14-9-13-1-5-21-17(24)16(13)22-10-14/h1,5,9-10,15H,2-4,6-8,11-12,20H2,(H,21,24). The zero-order valence-electron chi connectivity index (χ0n) is 14.7. The van der Waals surface area contributed by atoms with Crippen LogP contribution in [0, 0.1) is 11.3 Å². The molecule has 0 radical (unpaired) electrons. The molecule has 2 saturated heterocycles. The summed E-state index contributed by atoms with van der Waals surface area (Å²) < 4.78 is 5.49. The first-order chi connectivity index (χ1) is 12.6. The van der Waals surface area contributed by atoms with Crippen LogP contribution in [0.25, 0.3) is 10.9 Å². The number of pyridine rings is 2. The fourth-order valence-corrected chi connectivity index (χ4v) is 4.42. The molecule has 3 N–H and O–H groups in total. The Morgan fingerprint density at radius 2 is 2.23 bits per heavy atom. The van der Waals surface area contributed by atoms with Crippen molar-refractivity contribution in [3.05, 3.63) is 40.4 Å². The number of nitrogens with one attached hydrogen (secondary N) is 1. The minimum Gasteiger partial charge on any atom is -0.381 e. The summed E-state index contributed by atoms with van der Waals surface area (Å²) in [7, 11) is 0. The van der Waals surface area contributed by atoms with E-state index in [2.05, 4.69) is 9.97 Å². The summed E-state index contributed by atoms with van der Waals surface area (Å²) >= 11 is 0. The van der Waals surface area contributed by atoms with Gasteiger partial charge in [0.15, 0.2) is 0 Å². The molecule has 0 aromatic carbocycles. The number of nitrogens with two attached hydrogens (primary N) is 1. The highest BCUT2D eigenvalue weighted by molar-refractivity contribution is 5.97. The van der Waals surface area contributed by atoms with E-state index in [-0.39, 0.29) is 16.9 Å². The van der Waals surface area contributed by atoms with Crippen molar-refractivity contribution in [1.82, 2.24) is 14.9 Å². The second kappa shape index (κ2) is 6.81. The van der Waals surface area contributed by atoms with Crippen molar-refractivity contribution < 1.29 is 9.53 Å². The normalized spacial score (nSPS) is 24.3. The van der Waals surface area contributed by atoms with Gasteiger partial charge < -0.3 is 20.4 Å². The Labute approximate surface area is 151 Å². The van der Waals surface area contributed by atoms with Gasteiger partial charge in [-0.25, -0.2) is 4.98 Å². The van der Waals surface area contributed by atoms with Crippen LogP contribution in [0.2, 0.25) is 0 Å². The van der Waals surface area contributed by atoms with Crippen molar-refractivity contribution in [2.24, 2.45) is 17.1 Å². The fourth-order valence-electron chi connectivity index (χ4n) is 4.42. The third-order valence-corrected chi connectivity index (χ3v) is 6.02. The zero-order valence-corrected chi connectivity index (χ0v) is 14.7. The van der Waals surface area contributed by atoms with Gasteiger partial charge in [0.2, 0.25) is 0 Å². The van der Waals surface area contributed by atoms with E-state index in [4.69, 9.17) is 10.5 Å². The number of nitrogens with zero attached hydrogens (tertiary/aromatic N) is 2. The van der Waals surface area contributed by atoms with Crippen LogP contribution in [-0.2, 0) is 4.74 Å². The van der Waals surface area contributed by atoms with E-state index < -0.39 is 0 Å². The molecule has 4 rings (SSSR count). The van der Waals surface area contributed by atoms with E-state index in [9.17, 15) is 9.59 Å². The summed E-state index contributed by atoms with van der Waals surface area (Å²) in [5.41, 5.74) is 6.77. The highest BCUT2D eigenvalue weighted by atomic mass is 16.5. The summed E-state index contributed by atoms with van der Waals surface area (Å²) in [6.07, 6.45) is 6.03. The topological polar surface area (TPSA) is 101 Å². The summed E-state index contributed by atoms with van der Waals surface area (Å²) in [5.74, 6) is 0.467. The van der Waals surface area contributed by atoms with E-state index in [1.54, 1.807) is 18.3 Å². The molecule has 2 aliphatic rings. The number of fused-ring (bicyclic) bond motifs is 1. The molecule has 26 heavy (non-hydrogen) atoms. The Bertz CT molecular complexity index is 874. The monoisotopic (exact) mass is 356 g/mol. The summed E-state index contributed by atoms with van der Waals surface area (Å²) in [5, 5.41) is 0.674. The average Bonchev–Trinajstić information content (AvgIpc) is 3.14. The van der Waals surface area contributed by atoms with Crippen molar-refractivity contribution in [2.75, 3.05) is 32.8 Å². The predicted molar refractivity (Wildman–Crippen MR) is 97.9 cm³/mol. The third kappa shape index (κ3) is 2.91. The predicted octanol–water partition coefficient (Wildman–Crippen LogP) is 1.14. The van der Waals surface area contributed by atoms with Gasteiger partial charge in [0.05, 0.1) is 5.56 Å². The number of ether oxygens (including phenoxy) is 1. The molecule has 1 atom stereocenters. The molecule has 2 aliphatic heterocycles. The lowest BCUT2D eigenvalue weighted by atomic mass is 9.71. The Morgan fingerprint density at radius 3 is 3.00 bits per heavy atom. The van der Waals surface area contributed by atoms with Gasteiger partial charge in [-0.15, -0.1) is 0 Å². The molecule has 7 nitrogen and oxygen atoms in total. The van der Waals surface area contributed by atoms with E-state index in [1.807, 2.05) is 4.90 Å². The number of rotatable bonds is 3. The van der Waals surface area contributed by atoms with Crippen LogP contribution in [0.1, 0.15) is 29.6 Å². The molecule has 2 aromatic heterocycles. The van der Waals surface area contributed by atoms with Gasteiger partial charge in [-0.3, -0.25) is 9.59 Å². The molecule has 1 amide bonds. The first-order valence-electron chi connectivity index (χ1n) is 9.17. The van der Waals surface area contributed by atoms with Crippen LogP contribution < -0.4 is 11.3 Å². The zero-order chi connectivity index (χ0) is 18.1. The average molecular weight is 356 g/mol. The molecule has 138 valence electrons. The number of carbonyl (C=O) groups excluding carboxylic acids is 1. The van der Waals surface area contributed by atoms with E-state index in [1.165, 1.54) is 6.20 Å². The van der Waals surface area contributed by atoms with Crippen molar-refractivity contribution in [3.8, 4) is 0 Å². The Balaban J connectivity index is 1.56. The van der Waals surface area contributed by atoms with Crippen molar-refractivity contribution in [2.45, 2.75) is 19.3 Å². The summed E-state index contributed by atoms with van der Waals surface area (Å²) in [6, 6.07) is 3.51. The van der Waals surface area contributed by atoms with Crippen molar-refractivity contribution in [1.29, 1.82) is 0 Å². The maximum absolute atomic E-state index is 13.0. The van der Waals surface area contributed by atoms with Gasteiger partial charge in [-0.1, -0.05) is 0 Å². The van der Waals surface area contributed by atoms with E-state index in [0.717, 1.165) is 32.5 Å². The lowest BCUT2D eigenvalue weighted by Crippen LogP contribution is -2.43. The molecule has 2 fully saturated rings. The Kier molecular flexibility index (Phi) is 4.50. The SMILES string of the molecule is NCC1(C2CCOCC2)CCN(C(=O)c2cnc3c(=O)[nH]ccc3c2)C1. The number of aromatic nitrogens is 2. The van der Waals surface area contributed by atoms with Crippen molar-refractivity contribution in [3.63, 3.8) is 0 Å². The van der Waals surface area contributed by atoms with Crippen LogP contribution >= 0.6 is 0 Å². The number of amides is 1.